The van der Waals surface area contributed by atoms with Crippen molar-refractivity contribution in [2.24, 2.45) is 0 Å². The molecule has 0 aliphatic heterocycles. The summed E-state index contributed by atoms with van der Waals surface area (Å²) in [5.41, 5.74) is 0.779. The summed E-state index contributed by atoms with van der Waals surface area (Å²) in [6.45, 7) is 0.551. The number of hydrogen-bond donors (Lipinski definition) is 0. The zero-order valence-corrected chi connectivity index (χ0v) is 10.3. The lowest BCUT2D eigenvalue weighted by Gasteiger charge is -2.08. The van der Waals surface area contributed by atoms with Crippen molar-refractivity contribution >= 4 is 28.3 Å². The maximum atomic E-state index is 12.4. The summed E-state index contributed by atoms with van der Waals surface area (Å²) in [6, 6.07) is 7.45. The Kier molecular flexibility index (Phi) is 2.76. The van der Waals surface area contributed by atoms with Crippen molar-refractivity contribution in [3.05, 3.63) is 40.9 Å². The van der Waals surface area contributed by atoms with E-state index in [1.54, 1.807) is 10.9 Å². The van der Waals surface area contributed by atoms with Gasteiger partial charge in [0.15, 0.2) is 0 Å². The van der Waals surface area contributed by atoms with E-state index < -0.39 is 0 Å². The van der Waals surface area contributed by atoms with E-state index in [1.165, 1.54) is 0 Å². The third-order valence-corrected chi connectivity index (χ3v) is 3.19. The lowest BCUT2D eigenvalue weighted by Crippen LogP contribution is -2.23. The minimum Gasteiger partial charge on any atom is -0.276 e. The minimum atomic E-state index is -0.0452. The molecular weight excluding hydrogens is 252 g/mol. The summed E-state index contributed by atoms with van der Waals surface area (Å²) < 4.78 is 3.45. The smallest absolute Gasteiger partial charge is 0.262 e. The van der Waals surface area contributed by atoms with Crippen LogP contribution in [0.25, 0.3) is 16.7 Å². The zero-order chi connectivity index (χ0) is 12.5. The van der Waals surface area contributed by atoms with Gasteiger partial charge >= 0.3 is 0 Å². The Balaban J connectivity index is 2.41. The largest absolute Gasteiger partial charge is 0.276 e. The van der Waals surface area contributed by atoms with Crippen LogP contribution >= 0.6 is 11.6 Å². The fraction of sp³-hybridized carbons (Fsp3) is 0.250. The number of aromatic nitrogens is 4. The molecule has 2 heterocycles. The van der Waals surface area contributed by atoms with Gasteiger partial charge in [0.1, 0.15) is 6.33 Å². The first-order chi connectivity index (χ1) is 8.83. The molecule has 0 N–H and O–H groups in total. The molecule has 0 bridgehead atoms. The van der Waals surface area contributed by atoms with Crippen LogP contribution < -0.4 is 5.56 Å². The second-order valence-electron chi connectivity index (χ2n) is 4.02. The first kappa shape index (κ1) is 11.2. The quantitative estimate of drug-likeness (QED) is 0.675. The lowest BCUT2D eigenvalue weighted by molar-refractivity contribution is 0.666. The Morgan fingerprint density at radius 3 is 2.94 bits per heavy atom. The molecule has 1 aromatic carbocycles. The molecule has 0 aliphatic carbocycles. The van der Waals surface area contributed by atoms with Gasteiger partial charge in [-0.25, -0.2) is 0 Å². The average Bonchev–Trinajstić information content (AvgIpc) is 2.88. The molecule has 0 saturated carbocycles. The van der Waals surface area contributed by atoms with Crippen LogP contribution in [0.3, 0.4) is 0 Å². The van der Waals surface area contributed by atoms with E-state index in [9.17, 15) is 4.79 Å². The Labute approximate surface area is 108 Å². The molecule has 2 aromatic heterocycles. The third-order valence-electron chi connectivity index (χ3n) is 2.93. The van der Waals surface area contributed by atoms with E-state index in [2.05, 4.69) is 10.2 Å². The van der Waals surface area contributed by atoms with Crippen molar-refractivity contribution in [3.63, 3.8) is 0 Å². The van der Waals surface area contributed by atoms with E-state index in [-0.39, 0.29) is 5.56 Å². The van der Waals surface area contributed by atoms with Gasteiger partial charge in [-0.2, -0.15) is 0 Å². The van der Waals surface area contributed by atoms with Gasteiger partial charge in [0.05, 0.1) is 10.9 Å². The summed E-state index contributed by atoms with van der Waals surface area (Å²) in [4.78, 5) is 12.4. The number of para-hydroxylation sites is 1. The lowest BCUT2D eigenvalue weighted by atomic mass is 10.2. The van der Waals surface area contributed by atoms with E-state index in [4.69, 9.17) is 11.6 Å². The van der Waals surface area contributed by atoms with Gasteiger partial charge < -0.3 is 0 Å². The molecule has 0 radical (unpaired) electrons. The summed E-state index contributed by atoms with van der Waals surface area (Å²) in [6.07, 6.45) is 2.34. The predicted octanol–water partition coefficient (Wildman–Crippen LogP) is 1.67. The van der Waals surface area contributed by atoms with Crippen molar-refractivity contribution in [1.82, 2.24) is 19.2 Å². The van der Waals surface area contributed by atoms with E-state index in [1.807, 2.05) is 28.7 Å². The third kappa shape index (κ3) is 1.59. The van der Waals surface area contributed by atoms with Crippen LogP contribution in [0.5, 0.6) is 0 Å². The summed E-state index contributed by atoms with van der Waals surface area (Å²) in [7, 11) is 0. The summed E-state index contributed by atoms with van der Waals surface area (Å²) in [5.74, 6) is 1.07. The highest BCUT2D eigenvalue weighted by Gasteiger charge is 2.11. The highest BCUT2D eigenvalue weighted by molar-refractivity contribution is 6.17. The molecular formula is C12H11ClN4O. The van der Waals surface area contributed by atoms with Crippen molar-refractivity contribution in [3.8, 4) is 0 Å². The molecule has 0 amide bonds. The van der Waals surface area contributed by atoms with Crippen LogP contribution in [-0.4, -0.2) is 25.0 Å². The maximum Gasteiger partial charge on any atom is 0.262 e. The molecule has 0 spiro atoms. The van der Waals surface area contributed by atoms with Crippen LogP contribution in [0.4, 0.5) is 0 Å². The molecule has 3 aromatic rings. The Bertz CT molecular complexity index is 761. The van der Waals surface area contributed by atoms with Crippen LogP contribution in [0, 0.1) is 0 Å². The number of hydrogen-bond acceptors (Lipinski definition) is 3. The Hall–Kier alpha value is -1.88. The van der Waals surface area contributed by atoms with Gasteiger partial charge in [-0.05, 0) is 18.6 Å². The standard InChI is InChI=1S/C12H11ClN4O/c13-6-3-7-16-11(18)9-4-1-2-5-10(9)17-8-14-15-12(16)17/h1-2,4-5,8H,3,6-7H2. The summed E-state index contributed by atoms with van der Waals surface area (Å²) in [5, 5.41) is 8.56. The first-order valence-corrected chi connectivity index (χ1v) is 6.23. The first-order valence-electron chi connectivity index (χ1n) is 5.70. The number of rotatable bonds is 3. The molecule has 3 rings (SSSR count). The molecule has 0 atom stereocenters. The molecule has 5 nitrogen and oxygen atoms in total. The van der Waals surface area contributed by atoms with Gasteiger partial charge in [0, 0.05) is 12.4 Å². The number of benzene rings is 1. The summed E-state index contributed by atoms with van der Waals surface area (Å²) >= 11 is 5.69. The number of alkyl halides is 1. The second kappa shape index (κ2) is 4.42. The number of halogens is 1. The van der Waals surface area contributed by atoms with Gasteiger partial charge in [0.25, 0.3) is 5.56 Å². The van der Waals surface area contributed by atoms with Crippen molar-refractivity contribution in [1.29, 1.82) is 0 Å². The number of nitrogens with zero attached hydrogens (tertiary/aromatic N) is 4. The van der Waals surface area contributed by atoms with Crippen LogP contribution in [0.1, 0.15) is 6.42 Å². The minimum absolute atomic E-state index is 0.0452. The molecule has 0 saturated heterocycles. The SMILES string of the molecule is O=c1c2ccccc2n2cnnc2n1CCCCl. The van der Waals surface area contributed by atoms with Crippen molar-refractivity contribution in [2.45, 2.75) is 13.0 Å². The number of fused-ring (bicyclic) bond motifs is 3. The fourth-order valence-electron chi connectivity index (χ4n) is 2.10. The van der Waals surface area contributed by atoms with Gasteiger partial charge in [-0.3, -0.25) is 13.8 Å². The maximum absolute atomic E-state index is 12.4. The molecule has 0 unspecified atom stereocenters. The number of aryl methyl sites for hydroxylation is 1. The van der Waals surface area contributed by atoms with Gasteiger partial charge in [-0.1, -0.05) is 12.1 Å². The zero-order valence-electron chi connectivity index (χ0n) is 9.58. The topological polar surface area (TPSA) is 52.2 Å². The Morgan fingerprint density at radius 2 is 2.11 bits per heavy atom. The van der Waals surface area contributed by atoms with Crippen LogP contribution in [0.2, 0.25) is 0 Å². The van der Waals surface area contributed by atoms with E-state index >= 15 is 0 Å². The van der Waals surface area contributed by atoms with E-state index in [0.29, 0.717) is 23.6 Å². The van der Waals surface area contributed by atoms with Crippen molar-refractivity contribution in [2.75, 3.05) is 5.88 Å². The molecule has 0 fully saturated rings. The molecule has 92 valence electrons. The monoisotopic (exact) mass is 262 g/mol. The van der Waals surface area contributed by atoms with E-state index in [0.717, 1.165) is 11.9 Å². The van der Waals surface area contributed by atoms with Gasteiger partial charge in [-0.15, -0.1) is 21.8 Å². The van der Waals surface area contributed by atoms with Crippen LogP contribution in [-0.2, 0) is 6.54 Å². The molecule has 6 heteroatoms. The van der Waals surface area contributed by atoms with Gasteiger partial charge in [0.2, 0.25) is 5.78 Å². The fourth-order valence-corrected chi connectivity index (χ4v) is 2.22. The average molecular weight is 263 g/mol. The highest BCUT2D eigenvalue weighted by atomic mass is 35.5. The predicted molar refractivity (Wildman–Crippen MR) is 70.1 cm³/mol. The van der Waals surface area contributed by atoms with Crippen LogP contribution in [0.15, 0.2) is 35.4 Å². The Morgan fingerprint density at radius 1 is 1.28 bits per heavy atom. The molecule has 18 heavy (non-hydrogen) atoms. The highest BCUT2D eigenvalue weighted by Crippen LogP contribution is 2.11. The van der Waals surface area contributed by atoms with Crippen molar-refractivity contribution < 1.29 is 0 Å². The second-order valence-corrected chi connectivity index (χ2v) is 4.40. The normalized spacial score (nSPS) is 11.4. The molecule has 0 aliphatic rings.